The van der Waals surface area contributed by atoms with Crippen LogP contribution >= 0.6 is 0 Å². The minimum Gasteiger partial charge on any atom is -0.379 e. The predicted molar refractivity (Wildman–Crippen MR) is 49.8 cm³/mol. The van der Waals surface area contributed by atoms with E-state index in [1.54, 1.807) is 0 Å². The molecular formula is C9H20N2O. The Labute approximate surface area is 74.9 Å². The van der Waals surface area contributed by atoms with Gasteiger partial charge < -0.3 is 10.5 Å². The zero-order valence-corrected chi connectivity index (χ0v) is 8.34. The van der Waals surface area contributed by atoms with Crippen LogP contribution in [-0.4, -0.2) is 37.4 Å². The molecule has 0 bridgehead atoms. The van der Waals surface area contributed by atoms with Crippen LogP contribution in [0.3, 0.4) is 0 Å². The molecular weight excluding hydrogens is 152 g/mol. The Morgan fingerprint density at radius 3 is 2.17 bits per heavy atom. The lowest BCUT2D eigenvalue weighted by molar-refractivity contribution is -0.00830. The van der Waals surface area contributed by atoms with Crippen molar-refractivity contribution in [2.24, 2.45) is 11.1 Å². The second kappa shape index (κ2) is 3.73. The molecule has 1 aliphatic heterocycles. The molecule has 3 nitrogen and oxygen atoms in total. The quantitative estimate of drug-likeness (QED) is 0.631. The summed E-state index contributed by atoms with van der Waals surface area (Å²) >= 11 is 0. The second-order valence-corrected chi connectivity index (χ2v) is 4.46. The Bertz CT molecular complexity index is 136. The van der Waals surface area contributed by atoms with Crippen LogP contribution in [0.4, 0.5) is 0 Å². The smallest absolute Gasteiger partial charge is 0.0623 e. The first kappa shape index (κ1) is 9.96. The average Bonchev–Trinajstić information content (AvgIpc) is 2.03. The number of nitrogens with two attached hydrogens (primary N) is 1. The normalized spacial score (nSPS) is 24.0. The van der Waals surface area contributed by atoms with Crippen LogP contribution in [0.5, 0.6) is 0 Å². The van der Waals surface area contributed by atoms with Gasteiger partial charge in [-0.25, -0.2) is 0 Å². The lowest BCUT2D eigenvalue weighted by Gasteiger charge is -2.39. The second-order valence-electron chi connectivity index (χ2n) is 4.46. The van der Waals surface area contributed by atoms with Crippen molar-refractivity contribution in [2.45, 2.75) is 26.9 Å². The van der Waals surface area contributed by atoms with Crippen molar-refractivity contribution >= 4 is 0 Å². The van der Waals surface area contributed by atoms with Crippen molar-refractivity contribution in [1.29, 1.82) is 0 Å². The Balaban J connectivity index is 2.45. The van der Waals surface area contributed by atoms with Crippen molar-refractivity contribution < 1.29 is 4.74 Å². The van der Waals surface area contributed by atoms with Crippen molar-refractivity contribution in [3.63, 3.8) is 0 Å². The molecule has 1 heterocycles. The highest BCUT2D eigenvalue weighted by Gasteiger charge is 2.27. The molecule has 1 unspecified atom stereocenters. The third kappa shape index (κ3) is 2.44. The van der Waals surface area contributed by atoms with E-state index >= 15 is 0 Å². The van der Waals surface area contributed by atoms with Crippen LogP contribution in [0.1, 0.15) is 20.8 Å². The van der Waals surface area contributed by atoms with Gasteiger partial charge in [0.25, 0.3) is 0 Å². The monoisotopic (exact) mass is 172 g/mol. The maximum Gasteiger partial charge on any atom is 0.0623 e. The molecule has 3 heteroatoms. The number of nitrogens with zero attached hydrogens (tertiary/aromatic N) is 1. The largest absolute Gasteiger partial charge is 0.379 e. The van der Waals surface area contributed by atoms with Crippen LogP contribution in [0.15, 0.2) is 0 Å². The number of rotatable bonds is 1. The molecule has 12 heavy (non-hydrogen) atoms. The minimum atomic E-state index is 0.154. The topological polar surface area (TPSA) is 38.5 Å². The minimum absolute atomic E-state index is 0.154. The molecule has 1 fully saturated rings. The van der Waals surface area contributed by atoms with Gasteiger partial charge in [0, 0.05) is 13.1 Å². The Hall–Kier alpha value is -0.120. The van der Waals surface area contributed by atoms with E-state index < -0.39 is 0 Å². The van der Waals surface area contributed by atoms with E-state index in [4.69, 9.17) is 10.5 Å². The fourth-order valence-electron chi connectivity index (χ4n) is 1.40. The third-order valence-corrected chi connectivity index (χ3v) is 2.33. The van der Waals surface area contributed by atoms with Gasteiger partial charge in [-0.2, -0.15) is 0 Å². The molecule has 1 aliphatic rings. The van der Waals surface area contributed by atoms with Gasteiger partial charge in [-0.05, 0) is 5.41 Å². The number of hydrogen-bond donors (Lipinski definition) is 1. The van der Waals surface area contributed by atoms with Gasteiger partial charge in [-0.3, -0.25) is 4.90 Å². The van der Waals surface area contributed by atoms with Crippen LogP contribution in [-0.2, 0) is 4.74 Å². The van der Waals surface area contributed by atoms with Gasteiger partial charge in [0.15, 0.2) is 0 Å². The number of morpholine rings is 1. The van der Waals surface area contributed by atoms with Gasteiger partial charge in [0.05, 0.1) is 19.4 Å². The van der Waals surface area contributed by atoms with Crippen molar-refractivity contribution in [1.82, 2.24) is 4.90 Å². The molecule has 0 aromatic carbocycles. The lowest BCUT2D eigenvalue weighted by atomic mass is 9.91. The summed E-state index contributed by atoms with van der Waals surface area (Å²) in [7, 11) is 0. The number of hydrogen-bond acceptors (Lipinski definition) is 3. The first-order valence-corrected chi connectivity index (χ1v) is 4.59. The molecule has 0 amide bonds. The molecule has 0 aromatic rings. The van der Waals surface area contributed by atoms with Crippen molar-refractivity contribution in [2.75, 3.05) is 26.3 Å². The first-order chi connectivity index (χ1) is 5.52. The molecule has 0 aromatic heterocycles. The summed E-state index contributed by atoms with van der Waals surface area (Å²) in [5.41, 5.74) is 6.26. The van der Waals surface area contributed by atoms with E-state index in [0.717, 1.165) is 26.3 Å². The molecule has 72 valence electrons. The SMILES string of the molecule is CC(C)(C)C(N)N1CCOCC1. The third-order valence-electron chi connectivity index (χ3n) is 2.33. The molecule has 0 spiro atoms. The molecule has 2 N–H and O–H groups in total. The fourth-order valence-corrected chi connectivity index (χ4v) is 1.40. The molecule has 1 saturated heterocycles. The Kier molecular flexibility index (Phi) is 3.09. The molecule has 1 rings (SSSR count). The summed E-state index contributed by atoms with van der Waals surface area (Å²) in [6, 6.07) is 0. The summed E-state index contributed by atoms with van der Waals surface area (Å²) in [6.07, 6.45) is 0.154. The zero-order valence-electron chi connectivity index (χ0n) is 8.34. The number of ether oxygens (including phenoxy) is 1. The van der Waals surface area contributed by atoms with Crippen LogP contribution in [0.2, 0.25) is 0 Å². The van der Waals surface area contributed by atoms with Crippen LogP contribution in [0, 0.1) is 5.41 Å². The van der Waals surface area contributed by atoms with Crippen LogP contribution < -0.4 is 5.73 Å². The summed E-state index contributed by atoms with van der Waals surface area (Å²) in [4.78, 5) is 2.30. The van der Waals surface area contributed by atoms with Gasteiger partial charge in [0.1, 0.15) is 0 Å². The lowest BCUT2D eigenvalue weighted by Crippen LogP contribution is -2.54. The van der Waals surface area contributed by atoms with Gasteiger partial charge in [-0.1, -0.05) is 20.8 Å². The summed E-state index contributed by atoms with van der Waals surface area (Å²) in [5, 5.41) is 0. The maximum absolute atomic E-state index is 6.10. The van der Waals surface area contributed by atoms with Gasteiger partial charge >= 0.3 is 0 Å². The van der Waals surface area contributed by atoms with E-state index in [9.17, 15) is 0 Å². The molecule has 0 saturated carbocycles. The van der Waals surface area contributed by atoms with Crippen molar-refractivity contribution in [3.05, 3.63) is 0 Å². The highest BCUT2D eigenvalue weighted by molar-refractivity contribution is 4.79. The summed E-state index contributed by atoms with van der Waals surface area (Å²) in [6.45, 7) is 10.1. The van der Waals surface area contributed by atoms with Gasteiger partial charge in [-0.15, -0.1) is 0 Å². The summed E-state index contributed by atoms with van der Waals surface area (Å²) in [5.74, 6) is 0. The maximum atomic E-state index is 6.10. The molecule has 0 aliphatic carbocycles. The Morgan fingerprint density at radius 2 is 1.75 bits per heavy atom. The fraction of sp³-hybridized carbons (Fsp3) is 1.00. The van der Waals surface area contributed by atoms with E-state index in [-0.39, 0.29) is 11.6 Å². The average molecular weight is 172 g/mol. The van der Waals surface area contributed by atoms with E-state index in [0.29, 0.717) is 0 Å². The van der Waals surface area contributed by atoms with E-state index in [2.05, 4.69) is 25.7 Å². The molecule has 1 atom stereocenters. The first-order valence-electron chi connectivity index (χ1n) is 4.59. The predicted octanol–water partition coefficient (Wildman–Crippen LogP) is 0.649. The van der Waals surface area contributed by atoms with Gasteiger partial charge in [0.2, 0.25) is 0 Å². The molecule has 0 radical (unpaired) electrons. The highest BCUT2D eigenvalue weighted by Crippen LogP contribution is 2.20. The zero-order chi connectivity index (χ0) is 9.19. The summed E-state index contributed by atoms with van der Waals surface area (Å²) < 4.78 is 5.27. The van der Waals surface area contributed by atoms with E-state index in [1.165, 1.54) is 0 Å². The van der Waals surface area contributed by atoms with Crippen LogP contribution in [0.25, 0.3) is 0 Å². The Morgan fingerprint density at radius 1 is 1.25 bits per heavy atom. The van der Waals surface area contributed by atoms with Crippen molar-refractivity contribution in [3.8, 4) is 0 Å². The standard InChI is InChI=1S/C9H20N2O/c1-9(2,3)8(10)11-4-6-12-7-5-11/h8H,4-7,10H2,1-3H3. The highest BCUT2D eigenvalue weighted by atomic mass is 16.5. The van der Waals surface area contributed by atoms with E-state index in [1.807, 2.05) is 0 Å².